The standard InChI is InChI=1S/C9H15F3N2O4/c1-17-5-4-13-7(15)2-3-14-8(16)18-6-9(10,11)12/h2-6H2,1H3,(H,13,15)(H,14,16). The molecule has 9 heteroatoms. The predicted molar refractivity (Wildman–Crippen MR) is 54.9 cm³/mol. The maximum Gasteiger partial charge on any atom is 0.422 e. The normalized spacial score (nSPS) is 10.9. The number of alkyl carbamates (subject to hydrolysis) is 1. The molecule has 6 nitrogen and oxygen atoms in total. The molecule has 0 heterocycles. The van der Waals surface area contributed by atoms with E-state index in [2.05, 4.69) is 14.8 Å². The van der Waals surface area contributed by atoms with Crippen molar-refractivity contribution in [3.8, 4) is 0 Å². The molecule has 0 rings (SSSR count). The van der Waals surface area contributed by atoms with Gasteiger partial charge in [-0.15, -0.1) is 0 Å². The zero-order chi connectivity index (χ0) is 14.0. The molecule has 0 aliphatic rings. The van der Waals surface area contributed by atoms with E-state index in [9.17, 15) is 22.8 Å². The van der Waals surface area contributed by atoms with Crippen LogP contribution < -0.4 is 10.6 Å². The Balaban J connectivity index is 3.53. The van der Waals surface area contributed by atoms with Gasteiger partial charge in [0, 0.05) is 26.6 Å². The summed E-state index contributed by atoms with van der Waals surface area (Å²) in [6.45, 7) is -1.07. The van der Waals surface area contributed by atoms with E-state index < -0.39 is 18.9 Å². The van der Waals surface area contributed by atoms with E-state index in [0.29, 0.717) is 13.2 Å². The van der Waals surface area contributed by atoms with Gasteiger partial charge < -0.3 is 20.1 Å². The maximum absolute atomic E-state index is 11.7. The molecule has 0 aliphatic carbocycles. The van der Waals surface area contributed by atoms with Gasteiger partial charge in [-0.2, -0.15) is 13.2 Å². The molecule has 0 saturated carbocycles. The minimum absolute atomic E-state index is 0.0508. The number of hydrogen-bond donors (Lipinski definition) is 2. The summed E-state index contributed by atoms with van der Waals surface area (Å²) >= 11 is 0. The topological polar surface area (TPSA) is 76.7 Å². The van der Waals surface area contributed by atoms with E-state index in [-0.39, 0.29) is 18.9 Å². The van der Waals surface area contributed by atoms with Gasteiger partial charge in [0.2, 0.25) is 5.91 Å². The van der Waals surface area contributed by atoms with Crippen LogP contribution in [0.2, 0.25) is 0 Å². The molecular formula is C9H15F3N2O4. The monoisotopic (exact) mass is 272 g/mol. The van der Waals surface area contributed by atoms with Crippen LogP contribution in [-0.4, -0.2) is 51.6 Å². The van der Waals surface area contributed by atoms with E-state index in [1.807, 2.05) is 5.32 Å². The average Bonchev–Trinajstić information content (AvgIpc) is 2.26. The number of carbonyl (C=O) groups is 2. The Morgan fingerprint density at radius 1 is 1.17 bits per heavy atom. The Morgan fingerprint density at radius 3 is 2.39 bits per heavy atom. The van der Waals surface area contributed by atoms with Gasteiger partial charge >= 0.3 is 12.3 Å². The number of carbonyl (C=O) groups excluding carboxylic acids is 2. The highest BCUT2D eigenvalue weighted by Gasteiger charge is 2.29. The molecule has 106 valence electrons. The zero-order valence-electron chi connectivity index (χ0n) is 9.80. The fourth-order valence-corrected chi connectivity index (χ4v) is 0.857. The lowest BCUT2D eigenvalue weighted by Crippen LogP contribution is -2.33. The highest BCUT2D eigenvalue weighted by molar-refractivity contribution is 5.76. The molecule has 0 atom stereocenters. The van der Waals surface area contributed by atoms with Gasteiger partial charge in [0.1, 0.15) is 0 Å². The molecule has 18 heavy (non-hydrogen) atoms. The van der Waals surface area contributed by atoms with Gasteiger partial charge in [0.15, 0.2) is 6.61 Å². The Hall–Kier alpha value is -1.51. The summed E-state index contributed by atoms with van der Waals surface area (Å²) in [7, 11) is 1.48. The fraction of sp³-hybridized carbons (Fsp3) is 0.778. The smallest absolute Gasteiger partial charge is 0.422 e. The lowest BCUT2D eigenvalue weighted by atomic mass is 10.4. The second kappa shape index (κ2) is 8.56. The van der Waals surface area contributed by atoms with Gasteiger partial charge in [0.25, 0.3) is 0 Å². The van der Waals surface area contributed by atoms with Crippen molar-refractivity contribution in [2.45, 2.75) is 12.6 Å². The van der Waals surface area contributed by atoms with Crippen molar-refractivity contribution >= 4 is 12.0 Å². The Bertz CT molecular complexity index is 271. The van der Waals surface area contributed by atoms with E-state index >= 15 is 0 Å². The molecule has 0 aromatic carbocycles. The minimum Gasteiger partial charge on any atom is -0.440 e. The van der Waals surface area contributed by atoms with Crippen molar-refractivity contribution < 1.29 is 32.2 Å². The first-order valence-electron chi connectivity index (χ1n) is 5.08. The van der Waals surface area contributed by atoms with Gasteiger partial charge in [-0.05, 0) is 0 Å². The van der Waals surface area contributed by atoms with Gasteiger partial charge in [-0.25, -0.2) is 4.79 Å². The van der Waals surface area contributed by atoms with E-state index in [1.165, 1.54) is 7.11 Å². The average molecular weight is 272 g/mol. The zero-order valence-corrected chi connectivity index (χ0v) is 9.80. The third kappa shape index (κ3) is 11.0. The predicted octanol–water partition coefficient (Wildman–Crippen LogP) is 0.428. The molecule has 0 fully saturated rings. The quantitative estimate of drug-likeness (QED) is 0.659. The number of ether oxygens (including phenoxy) is 2. The summed E-state index contributed by atoms with van der Waals surface area (Å²) in [5.74, 6) is -0.344. The number of hydrogen-bond acceptors (Lipinski definition) is 4. The SMILES string of the molecule is COCCNC(=O)CCNC(=O)OCC(F)(F)F. The molecule has 2 N–H and O–H groups in total. The van der Waals surface area contributed by atoms with Crippen LogP contribution >= 0.6 is 0 Å². The van der Waals surface area contributed by atoms with Gasteiger partial charge in [-0.1, -0.05) is 0 Å². The third-order valence-corrected chi connectivity index (χ3v) is 1.62. The lowest BCUT2D eigenvalue weighted by molar-refractivity contribution is -0.160. The molecule has 0 radical (unpaired) electrons. The fourth-order valence-electron chi connectivity index (χ4n) is 0.857. The highest BCUT2D eigenvalue weighted by atomic mass is 19.4. The molecule has 2 amide bonds. The second-order valence-corrected chi connectivity index (χ2v) is 3.21. The number of alkyl halides is 3. The number of halogens is 3. The minimum atomic E-state index is -4.56. The molecule has 0 aliphatic heterocycles. The van der Waals surface area contributed by atoms with Crippen LogP contribution in [0.4, 0.5) is 18.0 Å². The van der Waals surface area contributed by atoms with E-state index in [0.717, 1.165) is 0 Å². The van der Waals surface area contributed by atoms with Crippen molar-refractivity contribution in [3.63, 3.8) is 0 Å². The summed E-state index contributed by atoms with van der Waals surface area (Å²) in [4.78, 5) is 21.8. The molecule has 0 saturated heterocycles. The molecule has 0 unspecified atom stereocenters. The Labute approximate surface area is 102 Å². The summed E-state index contributed by atoms with van der Waals surface area (Å²) in [5.41, 5.74) is 0. The maximum atomic E-state index is 11.7. The summed E-state index contributed by atoms with van der Waals surface area (Å²) in [5, 5.41) is 4.50. The van der Waals surface area contributed by atoms with Crippen molar-refractivity contribution in [2.75, 3.05) is 33.4 Å². The Kier molecular flexibility index (Phi) is 7.84. The number of nitrogens with one attached hydrogen (secondary N) is 2. The number of rotatable bonds is 7. The first-order chi connectivity index (χ1) is 8.35. The van der Waals surface area contributed by atoms with Crippen LogP contribution in [0.1, 0.15) is 6.42 Å². The van der Waals surface area contributed by atoms with E-state index in [1.54, 1.807) is 0 Å². The number of methoxy groups -OCH3 is 1. The molecule has 0 bridgehead atoms. The third-order valence-electron chi connectivity index (χ3n) is 1.62. The van der Waals surface area contributed by atoms with Crippen LogP contribution in [0.15, 0.2) is 0 Å². The highest BCUT2D eigenvalue weighted by Crippen LogP contribution is 2.14. The first-order valence-corrected chi connectivity index (χ1v) is 5.08. The van der Waals surface area contributed by atoms with Gasteiger partial charge in [0.05, 0.1) is 6.61 Å². The largest absolute Gasteiger partial charge is 0.440 e. The molecule has 0 aromatic heterocycles. The van der Waals surface area contributed by atoms with Crippen LogP contribution in [0.5, 0.6) is 0 Å². The number of amides is 2. The molecule has 0 spiro atoms. The van der Waals surface area contributed by atoms with Crippen LogP contribution in [-0.2, 0) is 14.3 Å². The van der Waals surface area contributed by atoms with Crippen LogP contribution in [0.25, 0.3) is 0 Å². The first kappa shape index (κ1) is 16.5. The second-order valence-electron chi connectivity index (χ2n) is 3.21. The summed E-state index contributed by atoms with van der Waals surface area (Å²) < 4.78 is 43.5. The van der Waals surface area contributed by atoms with Gasteiger partial charge in [-0.3, -0.25) is 4.79 Å². The lowest BCUT2D eigenvalue weighted by Gasteiger charge is -2.09. The van der Waals surface area contributed by atoms with Crippen LogP contribution in [0, 0.1) is 0 Å². The molecule has 0 aromatic rings. The van der Waals surface area contributed by atoms with E-state index in [4.69, 9.17) is 0 Å². The van der Waals surface area contributed by atoms with Crippen molar-refractivity contribution in [1.29, 1.82) is 0 Å². The Morgan fingerprint density at radius 2 is 1.83 bits per heavy atom. The van der Waals surface area contributed by atoms with Crippen molar-refractivity contribution in [1.82, 2.24) is 10.6 Å². The molecular weight excluding hydrogens is 257 g/mol. The van der Waals surface area contributed by atoms with Crippen LogP contribution in [0.3, 0.4) is 0 Å². The van der Waals surface area contributed by atoms with Crippen molar-refractivity contribution in [2.24, 2.45) is 0 Å². The summed E-state index contributed by atoms with van der Waals surface area (Å²) in [6.07, 6.45) is -5.82. The van der Waals surface area contributed by atoms with Crippen molar-refractivity contribution in [3.05, 3.63) is 0 Å². The summed E-state index contributed by atoms with van der Waals surface area (Å²) in [6, 6.07) is 0.